The fraction of sp³-hybridized carbons (Fsp3) is 0.833. The van der Waals surface area contributed by atoms with Gasteiger partial charge in [-0.05, 0) is 0 Å². The predicted molar refractivity (Wildman–Crippen MR) is 55.4 cm³/mol. The third kappa shape index (κ3) is 5.53. The van der Waals surface area contributed by atoms with Crippen molar-refractivity contribution in [3.8, 4) is 0 Å². The van der Waals surface area contributed by atoms with Gasteiger partial charge in [0.1, 0.15) is 0 Å². The van der Waals surface area contributed by atoms with E-state index in [-0.39, 0.29) is 0 Å². The minimum absolute atomic E-state index is 0.976. The van der Waals surface area contributed by atoms with Crippen molar-refractivity contribution in [1.29, 1.82) is 0 Å². The Labute approximate surface area is 76.6 Å². The van der Waals surface area contributed by atoms with Crippen molar-refractivity contribution >= 4 is 37.9 Å². The van der Waals surface area contributed by atoms with Crippen LogP contribution in [0.15, 0.2) is 0 Å². The van der Waals surface area contributed by atoms with Crippen LogP contribution < -0.4 is 0 Å². The normalized spacial score (nSPS) is 11.3. The Kier molecular flexibility index (Phi) is 4.25. The summed E-state index contributed by atoms with van der Waals surface area (Å²) in [6, 6.07) is 0. The Bertz CT molecular complexity index is 130. The molecule has 0 fully saturated rings. The molecule has 0 aromatic carbocycles. The van der Waals surface area contributed by atoms with Gasteiger partial charge in [-0.15, -0.1) is 0 Å². The molecule has 0 heterocycles. The van der Waals surface area contributed by atoms with Crippen LogP contribution in [-0.4, -0.2) is 45.7 Å². The van der Waals surface area contributed by atoms with Crippen molar-refractivity contribution < 1.29 is 0 Å². The van der Waals surface area contributed by atoms with E-state index in [1.807, 2.05) is 11.2 Å². The van der Waals surface area contributed by atoms with Crippen LogP contribution in [0.1, 0.15) is 0 Å². The number of nitrogens with zero attached hydrogens (tertiary/aromatic N) is 1. The number of hydrogen-bond acceptors (Lipinski definition) is 2. The molecule has 10 heavy (non-hydrogen) atoms. The van der Waals surface area contributed by atoms with Crippen LogP contribution in [0.2, 0.25) is 19.6 Å². The molecule has 0 saturated carbocycles. The molecule has 0 aliphatic rings. The summed E-state index contributed by atoms with van der Waals surface area (Å²) in [4.78, 5) is 2.13. The van der Waals surface area contributed by atoms with E-state index in [2.05, 4.69) is 54.2 Å². The molecule has 0 rings (SSSR count). The van der Waals surface area contributed by atoms with Crippen molar-refractivity contribution in [1.82, 2.24) is 4.90 Å². The van der Waals surface area contributed by atoms with Crippen molar-refractivity contribution in [2.24, 2.45) is 0 Å². The second kappa shape index (κ2) is 3.95. The maximum atomic E-state index is 3.07. The first-order valence-electron chi connectivity index (χ1n) is 3.23. The quantitative estimate of drug-likeness (QED) is 0.686. The van der Waals surface area contributed by atoms with E-state index < -0.39 is 7.22 Å². The molecular formula is C6H15NSSeSi. The standard InChI is InChI=1S/C6H15NSSeSi/c1-7(2)6(9)8-10(3,4)5/h1-5H3. The third-order valence-corrected chi connectivity index (χ3v) is 6.61. The van der Waals surface area contributed by atoms with Crippen LogP contribution in [0.5, 0.6) is 0 Å². The molecule has 0 bridgehead atoms. The van der Waals surface area contributed by atoms with Crippen LogP contribution in [0.25, 0.3) is 0 Å². The van der Waals surface area contributed by atoms with Crippen molar-refractivity contribution in [3.63, 3.8) is 0 Å². The van der Waals surface area contributed by atoms with E-state index in [4.69, 9.17) is 0 Å². The molecule has 0 aliphatic heterocycles. The van der Waals surface area contributed by atoms with Gasteiger partial charge >= 0.3 is 76.5 Å². The van der Waals surface area contributed by atoms with E-state index in [0.29, 0.717) is 0 Å². The fourth-order valence-corrected chi connectivity index (χ4v) is 7.90. The molecule has 0 aromatic rings. The van der Waals surface area contributed by atoms with Gasteiger partial charge in [0, 0.05) is 0 Å². The topological polar surface area (TPSA) is 3.24 Å². The average Bonchev–Trinajstić information content (AvgIpc) is 1.60. The van der Waals surface area contributed by atoms with E-state index in [1.165, 1.54) is 3.87 Å². The van der Waals surface area contributed by atoms with Crippen LogP contribution >= 0.6 is 11.2 Å². The number of hydrogen-bond donors (Lipinski definition) is 0. The zero-order valence-electron chi connectivity index (χ0n) is 7.26. The van der Waals surface area contributed by atoms with Gasteiger partial charge in [-0.25, -0.2) is 0 Å². The second-order valence-corrected chi connectivity index (χ2v) is 13.9. The molecule has 0 spiro atoms. The van der Waals surface area contributed by atoms with Gasteiger partial charge in [-0.2, -0.15) is 0 Å². The zero-order chi connectivity index (χ0) is 8.36. The fourth-order valence-electron chi connectivity index (χ4n) is 0.353. The van der Waals surface area contributed by atoms with Crippen molar-refractivity contribution in [2.75, 3.05) is 14.1 Å². The van der Waals surface area contributed by atoms with E-state index in [9.17, 15) is 0 Å². The summed E-state index contributed by atoms with van der Waals surface area (Å²) in [5.41, 5.74) is 0. The van der Waals surface area contributed by atoms with E-state index >= 15 is 0 Å². The van der Waals surface area contributed by atoms with Crippen molar-refractivity contribution in [2.45, 2.75) is 19.6 Å². The molecule has 0 radical (unpaired) electrons. The van der Waals surface area contributed by atoms with Gasteiger partial charge in [0.2, 0.25) is 0 Å². The van der Waals surface area contributed by atoms with Crippen LogP contribution in [0, 0.1) is 0 Å². The summed E-state index contributed by atoms with van der Waals surface area (Å²) < 4.78 is 1.30. The van der Waals surface area contributed by atoms with Gasteiger partial charge in [0.15, 0.2) is 0 Å². The van der Waals surface area contributed by atoms with Gasteiger partial charge in [-0.1, -0.05) is 0 Å². The summed E-state index contributed by atoms with van der Waals surface area (Å²) in [7, 11) is 3.16. The Hall–Kier alpha value is 0.756. The Morgan fingerprint density at radius 2 is 1.70 bits per heavy atom. The first-order valence-corrected chi connectivity index (χ1v) is 9.13. The Balaban J connectivity index is 3.81. The zero-order valence-corrected chi connectivity index (χ0v) is 10.8. The van der Waals surface area contributed by atoms with E-state index in [0.717, 1.165) is 0 Å². The van der Waals surface area contributed by atoms with Gasteiger partial charge in [-0.3, -0.25) is 0 Å². The van der Waals surface area contributed by atoms with Gasteiger partial charge in [0.05, 0.1) is 0 Å². The molecule has 0 unspecified atom stereocenters. The SMILES string of the molecule is CN(C)C(=[Se])S[Si](C)(C)C. The van der Waals surface area contributed by atoms with Crippen molar-refractivity contribution in [3.05, 3.63) is 0 Å². The Morgan fingerprint density at radius 3 is 1.80 bits per heavy atom. The van der Waals surface area contributed by atoms with Crippen LogP contribution in [0.3, 0.4) is 0 Å². The molecule has 0 aromatic heterocycles. The maximum absolute atomic E-state index is 3.07. The summed E-state index contributed by atoms with van der Waals surface area (Å²) in [5.74, 6) is 0. The van der Waals surface area contributed by atoms with Gasteiger partial charge in [0.25, 0.3) is 0 Å². The molecule has 0 amide bonds. The molecule has 0 aliphatic carbocycles. The molecule has 0 saturated heterocycles. The van der Waals surface area contributed by atoms with Gasteiger partial charge < -0.3 is 0 Å². The molecule has 0 N–H and O–H groups in total. The summed E-state index contributed by atoms with van der Waals surface area (Å²) in [6.45, 7) is 7.04. The average molecular weight is 240 g/mol. The molecule has 0 atom stereocenters. The monoisotopic (exact) mass is 241 g/mol. The first kappa shape index (κ1) is 10.8. The van der Waals surface area contributed by atoms with Crippen LogP contribution in [-0.2, 0) is 0 Å². The molecule has 1 nitrogen and oxygen atoms in total. The first-order chi connectivity index (χ1) is 4.33. The van der Waals surface area contributed by atoms with E-state index in [1.54, 1.807) is 0 Å². The summed E-state index contributed by atoms with van der Waals surface area (Å²) in [6.07, 6.45) is 0. The summed E-state index contributed by atoms with van der Waals surface area (Å²) >= 11 is 5.06. The molecular weight excluding hydrogens is 225 g/mol. The predicted octanol–water partition coefficient (Wildman–Crippen LogP) is 1.37. The second-order valence-electron chi connectivity index (χ2n) is 3.37. The Morgan fingerprint density at radius 1 is 1.30 bits per heavy atom. The summed E-state index contributed by atoms with van der Waals surface area (Å²) in [5, 5.41) is 0. The van der Waals surface area contributed by atoms with Crippen LogP contribution in [0.4, 0.5) is 0 Å². The third-order valence-electron chi connectivity index (χ3n) is 0.759. The number of rotatable bonds is 3. The molecule has 60 valence electrons. The molecule has 4 heteroatoms. The minimum atomic E-state index is -0.976.